The van der Waals surface area contributed by atoms with Crippen molar-refractivity contribution in [2.45, 2.75) is 11.8 Å². The van der Waals surface area contributed by atoms with Gasteiger partial charge in [0.1, 0.15) is 18.7 Å². The van der Waals surface area contributed by atoms with E-state index in [0.717, 1.165) is 11.3 Å². The predicted octanol–water partition coefficient (Wildman–Crippen LogP) is 2.23. The molecule has 0 unspecified atom stereocenters. The minimum atomic E-state index is -0.268. The van der Waals surface area contributed by atoms with Crippen LogP contribution in [0, 0.1) is 0 Å². The number of benzene rings is 1. The summed E-state index contributed by atoms with van der Waals surface area (Å²) >= 11 is 1.23. The minimum Gasteiger partial charge on any atom is -0.497 e. The molecule has 0 spiro atoms. The van der Waals surface area contributed by atoms with E-state index < -0.39 is 0 Å². The number of thioether (sulfide) groups is 1. The number of aromatic nitrogens is 3. The van der Waals surface area contributed by atoms with Crippen molar-refractivity contribution in [1.29, 1.82) is 0 Å². The number of aromatic amines is 1. The molecule has 0 saturated heterocycles. The van der Waals surface area contributed by atoms with Crippen molar-refractivity contribution in [3.63, 3.8) is 0 Å². The van der Waals surface area contributed by atoms with Gasteiger partial charge in [0.05, 0.1) is 19.1 Å². The number of hydrogen-bond donors (Lipinski definition) is 2. The summed E-state index contributed by atoms with van der Waals surface area (Å²) in [6.07, 6.45) is 2.78. The van der Waals surface area contributed by atoms with Crippen molar-refractivity contribution >= 4 is 23.9 Å². The van der Waals surface area contributed by atoms with E-state index in [4.69, 9.17) is 13.9 Å². The van der Waals surface area contributed by atoms with Gasteiger partial charge in [-0.15, -0.1) is 0 Å². The second kappa shape index (κ2) is 9.43. The molecule has 3 aromatic rings. The first kappa shape index (κ1) is 18.5. The molecule has 0 saturated carbocycles. The molecule has 1 amide bonds. The highest BCUT2D eigenvalue weighted by molar-refractivity contribution is 7.99. The van der Waals surface area contributed by atoms with Crippen LogP contribution in [-0.4, -0.2) is 40.2 Å². The van der Waals surface area contributed by atoms with E-state index in [1.165, 1.54) is 24.3 Å². The van der Waals surface area contributed by atoms with Gasteiger partial charge >= 0.3 is 0 Å². The van der Waals surface area contributed by atoms with Gasteiger partial charge in [0.15, 0.2) is 10.9 Å². The molecule has 27 heavy (non-hydrogen) atoms. The van der Waals surface area contributed by atoms with Crippen LogP contribution in [0.2, 0.25) is 0 Å². The van der Waals surface area contributed by atoms with Crippen molar-refractivity contribution in [3.05, 3.63) is 54.0 Å². The number of carbonyl (C=O) groups excluding carboxylic acids is 1. The van der Waals surface area contributed by atoms with Crippen LogP contribution in [0.3, 0.4) is 0 Å². The number of hydrogen-bond acceptors (Lipinski definition) is 8. The van der Waals surface area contributed by atoms with Crippen molar-refractivity contribution in [2.24, 2.45) is 5.10 Å². The summed E-state index contributed by atoms with van der Waals surface area (Å²) in [6.45, 7) is 0.365. The maximum absolute atomic E-state index is 11.7. The lowest BCUT2D eigenvalue weighted by molar-refractivity contribution is -0.118. The molecule has 2 aromatic heterocycles. The van der Waals surface area contributed by atoms with Gasteiger partial charge in [0, 0.05) is 6.07 Å². The number of nitrogens with one attached hydrogen (secondary N) is 2. The summed E-state index contributed by atoms with van der Waals surface area (Å²) in [6, 6.07) is 10.9. The Hall–Kier alpha value is -3.27. The third kappa shape index (κ3) is 5.89. The summed E-state index contributed by atoms with van der Waals surface area (Å²) < 4.78 is 16.2. The fraction of sp³-hybridized carbons (Fsp3) is 0.176. The number of ether oxygens (including phenoxy) is 2. The normalized spacial score (nSPS) is 10.9. The maximum atomic E-state index is 11.7. The van der Waals surface area contributed by atoms with Crippen LogP contribution in [0.4, 0.5) is 0 Å². The number of methoxy groups -OCH3 is 1. The highest BCUT2D eigenvalue weighted by Crippen LogP contribution is 2.17. The molecular weight excluding hydrogens is 370 g/mol. The van der Waals surface area contributed by atoms with Crippen molar-refractivity contribution in [1.82, 2.24) is 20.6 Å². The Balaban J connectivity index is 1.41. The summed E-state index contributed by atoms with van der Waals surface area (Å²) in [4.78, 5) is 15.6. The Bertz CT molecular complexity index is 877. The third-order valence-corrected chi connectivity index (χ3v) is 4.13. The summed E-state index contributed by atoms with van der Waals surface area (Å²) in [7, 11) is 1.62. The Morgan fingerprint density at radius 2 is 2.19 bits per heavy atom. The smallest absolute Gasteiger partial charge is 0.285 e. The highest BCUT2D eigenvalue weighted by atomic mass is 32.2. The number of furan rings is 1. The quantitative estimate of drug-likeness (QED) is 0.329. The van der Waals surface area contributed by atoms with Crippen molar-refractivity contribution in [3.8, 4) is 11.7 Å². The molecule has 0 fully saturated rings. The van der Waals surface area contributed by atoms with Crippen LogP contribution < -0.4 is 14.9 Å². The van der Waals surface area contributed by atoms with E-state index in [2.05, 4.69) is 25.7 Å². The minimum absolute atomic E-state index is 0.168. The molecule has 0 aliphatic carbocycles. The second-order valence-electron chi connectivity index (χ2n) is 5.17. The lowest BCUT2D eigenvalue weighted by atomic mass is 10.2. The first-order chi connectivity index (χ1) is 13.2. The number of rotatable bonds is 9. The molecular formula is C17H17N5O4S. The zero-order valence-electron chi connectivity index (χ0n) is 14.4. The van der Waals surface area contributed by atoms with Crippen LogP contribution in [0.5, 0.6) is 11.7 Å². The third-order valence-electron chi connectivity index (χ3n) is 3.26. The first-order valence-electron chi connectivity index (χ1n) is 7.88. The van der Waals surface area contributed by atoms with Gasteiger partial charge in [-0.3, -0.25) is 9.89 Å². The highest BCUT2D eigenvalue weighted by Gasteiger charge is 2.05. The van der Waals surface area contributed by atoms with Crippen LogP contribution in [-0.2, 0) is 11.4 Å². The van der Waals surface area contributed by atoms with Gasteiger partial charge in [-0.25, -0.2) is 10.4 Å². The SMILES string of the molecule is COc1ccc(COc2ccc(/C=N\NC(=O)CSc3ncn[nH]3)o2)cc1. The lowest BCUT2D eigenvalue weighted by Crippen LogP contribution is -2.19. The molecule has 2 heterocycles. The molecule has 2 N–H and O–H groups in total. The van der Waals surface area contributed by atoms with E-state index in [9.17, 15) is 4.79 Å². The number of amides is 1. The van der Waals surface area contributed by atoms with Gasteiger partial charge in [-0.1, -0.05) is 23.9 Å². The molecule has 0 aliphatic heterocycles. The standard InChI is InChI=1S/C17H17N5O4S/c1-24-13-4-2-12(3-5-13)9-25-16-7-6-14(26-16)8-19-21-15(23)10-27-17-18-11-20-22-17/h2-8,11H,9-10H2,1H3,(H,21,23)(H,18,20,22)/b19-8-. The first-order valence-corrected chi connectivity index (χ1v) is 8.87. The Labute approximate surface area is 159 Å². The fourth-order valence-electron chi connectivity index (χ4n) is 1.96. The maximum Gasteiger partial charge on any atom is 0.285 e. The largest absolute Gasteiger partial charge is 0.497 e. The average Bonchev–Trinajstić information content (AvgIpc) is 3.37. The van der Waals surface area contributed by atoms with Crippen molar-refractivity contribution < 1.29 is 18.7 Å². The van der Waals surface area contributed by atoms with E-state index >= 15 is 0 Å². The van der Waals surface area contributed by atoms with E-state index in [0.29, 0.717) is 23.5 Å². The van der Waals surface area contributed by atoms with Gasteiger partial charge in [0.25, 0.3) is 11.9 Å². The molecule has 9 nitrogen and oxygen atoms in total. The van der Waals surface area contributed by atoms with Crippen LogP contribution in [0.15, 0.2) is 57.4 Å². The molecule has 0 bridgehead atoms. The van der Waals surface area contributed by atoms with Gasteiger partial charge in [0.2, 0.25) is 0 Å². The van der Waals surface area contributed by atoms with Crippen LogP contribution in [0.25, 0.3) is 0 Å². The number of H-pyrrole nitrogens is 1. The number of carbonyl (C=O) groups is 1. The molecule has 0 radical (unpaired) electrons. The van der Waals surface area contributed by atoms with E-state index in [1.807, 2.05) is 24.3 Å². The average molecular weight is 387 g/mol. The number of nitrogens with zero attached hydrogens (tertiary/aromatic N) is 3. The summed E-state index contributed by atoms with van der Waals surface area (Å²) in [5.74, 6) is 1.51. The van der Waals surface area contributed by atoms with E-state index in [-0.39, 0.29) is 11.7 Å². The van der Waals surface area contributed by atoms with Crippen molar-refractivity contribution in [2.75, 3.05) is 12.9 Å². The zero-order chi connectivity index (χ0) is 18.9. The second-order valence-corrected chi connectivity index (χ2v) is 6.13. The topological polar surface area (TPSA) is 115 Å². The molecule has 0 atom stereocenters. The molecule has 140 valence electrons. The Kier molecular flexibility index (Phi) is 6.47. The van der Waals surface area contributed by atoms with Gasteiger partial charge < -0.3 is 13.9 Å². The van der Waals surface area contributed by atoms with Crippen LogP contribution >= 0.6 is 11.8 Å². The predicted molar refractivity (Wildman–Crippen MR) is 98.9 cm³/mol. The summed E-state index contributed by atoms with van der Waals surface area (Å²) in [5, 5.41) is 10.8. The fourth-order valence-corrected chi connectivity index (χ4v) is 2.53. The Morgan fingerprint density at radius 1 is 1.33 bits per heavy atom. The summed E-state index contributed by atoms with van der Waals surface area (Å²) in [5.41, 5.74) is 3.39. The zero-order valence-corrected chi connectivity index (χ0v) is 15.2. The number of hydrazone groups is 1. The molecule has 3 rings (SSSR count). The Morgan fingerprint density at radius 3 is 2.93 bits per heavy atom. The van der Waals surface area contributed by atoms with Gasteiger partial charge in [-0.2, -0.15) is 10.2 Å². The van der Waals surface area contributed by atoms with Crippen LogP contribution in [0.1, 0.15) is 11.3 Å². The molecule has 10 heteroatoms. The van der Waals surface area contributed by atoms with E-state index in [1.54, 1.807) is 19.2 Å². The lowest BCUT2D eigenvalue weighted by Gasteiger charge is -2.04. The monoisotopic (exact) mass is 387 g/mol. The molecule has 1 aromatic carbocycles. The molecule has 0 aliphatic rings. The van der Waals surface area contributed by atoms with Gasteiger partial charge in [-0.05, 0) is 23.8 Å².